The fraction of sp³-hybridized carbons (Fsp3) is 0.448. The van der Waals surface area contributed by atoms with Gasteiger partial charge in [-0.05, 0) is 30.5 Å². The first-order chi connectivity index (χ1) is 18.1. The summed E-state index contributed by atoms with van der Waals surface area (Å²) in [5, 5.41) is 3.64. The lowest BCUT2D eigenvalue weighted by Gasteiger charge is -2.35. The van der Waals surface area contributed by atoms with E-state index in [0.717, 1.165) is 75.0 Å². The largest absolute Gasteiger partial charge is 0.497 e. The van der Waals surface area contributed by atoms with Crippen LogP contribution in [0.2, 0.25) is 0 Å². The molecule has 0 radical (unpaired) electrons. The summed E-state index contributed by atoms with van der Waals surface area (Å²) in [6, 6.07) is 15.8. The monoisotopic (exact) mass is 503 g/mol. The molecule has 1 N–H and O–H groups in total. The van der Waals surface area contributed by atoms with E-state index in [0.29, 0.717) is 11.8 Å². The molecule has 0 bridgehead atoms. The molecule has 1 aliphatic carbocycles. The summed E-state index contributed by atoms with van der Waals surface area (Å²) in [6.07, 6.45) is 4.85. The van der Waals surface area contributed by atoms with Crippen molar-refractivity contribution in [1.29, 1.82) is 0 Å². The van der Waals surface area contributed by atoms with Gasteiger partial charge in [0.25, 0.3) is 0 Å². The molecule has 2 aliphatic heterocycles. The van der Waals surface area contributed by atoms with E-state index in [1.165, 1.54) is 31.6 Å². The Hall–Kier alpha value is -3.39. The van der Waals surface area contributed by atoms with E-state index in [2.05, 4.69) is 45.4 Å². The van der Waals surface area contributed by atoms with Gasteiger partial charge in [0.1, 0.15) is 11.9 Å². The van der Waals surface area contributed by atoms with E-state index in [9.17, 15) is 4.39 Å². The van der Waals surface area contributed by atoms with E-state index in [4.69, 9.17) is 19.4 Å². The minimum Gasteiger partial charge on any atom is -0.497 e. The van der Waals surface area contributed by atoms with Gasteiger partial charge in [0.15, 0.2) is 23.2 Å². The Labute approximate surface area is 217 Å². The highest BCUT2D eigenvalue weighted by Crippen LogP contribution is 2.34. The van der Waals surface area contributed by atoms with Gasteiger partial charge in [-0.3, -0.25) is 4.90 Å². The Morgan fingerprint density at radius 2 is 1.78 bits per heavy atom. The van der Waals surface area contributed by atoms with Gasteiger partial charge in [0.2, 0.25) is 0 Å². The summed E-state index contributed by atoms with van der Waals surface area (Å²) in [4.78, 5) is 15.1. The highest BCUT2D eigenvalue weighted by Gasteiger charge is 2.30. The number of piperidine rings is 1. The van der Waals surface area contributed by atoms with Crippen molar-refractivity contribution in [3.63, 3.8) is 0 Å². The van der Waals surface area contributed by atoms with Crippen molar-refractivity contribution in [2.24, 2.45) is 0 Å². The Balaban J connectivity index is 1.14. The minimum absolute atomic E-state index is 0.0314. The molecular formula is C29H34FN5O2. The predicted molar refractivity (Wildman–Crippen MR) is 142 cm³/mol. The molecule has 3 heterocycles. The summed E-state index contributed by atoms with van der Waals surface area (Å²) >= 11 is 0. The summed E-state index contributed by atoms with van der Waals surface area (Å²) in [5.74, 6) is 2.24. The first-order valence-electron chi connectivity index (χ1n) is 13.3. The summed E-state index contributed by atoms with van der Waals surface area (Å²) < 4.78 is 25.5. The van der Waals surface area contributed by atoms with Crippen LogP contribution in [-0.4, -0.2) is 53.8 Å². The lowest BCUT2D eigenvalue weighted by Crippen LogP contribution is -2.40. The Kier molecular flexibility index (Phi) is 6.83. The molecule has 1 saturated carbocycles. The average Bonchev–Trinajstić information content (AvgIpc) is 3.74. The van der Waals surface area contributed by atoms with Gasteiger partial charge >= 0.3 is 0 Å². The molecule has 8 heteroatoms. The molecule has 7 nitrogen and oxygen atoms in total. The molecule has 3 aliphatic rings. The fourth-order valence-corrected chi connectivity index (χ4v) is 5.16. The molecule has 3 aromatic rings. The van der Waals surface area contributed by atoms with Crippen LogP contribution in [-0.2, 0) is 19.5 Å². The second-order valence-corrected chi connectivity index (χ2v) is 10.3. The molecular weight excluding hydrogens is 469 g/mol. The zero-order valence-corrected chi connectivity index (χ0v) is 21.3. The number of hydrogen-bond acceptors (Lipinski definition) is 7. The SMILES string of the molecule is COc1ccc(OC2CCN(c3nc4c(nc3NC3CC3)CN(Cc3ccccc3)CC4)CC2)c(F)c1. The van der Waals surface area contributed by atoms with Gasteiger partial charge < -0.3 is 19.7 Å². The number of anilines is 2. The van der Waals surface area contributed by atoms with Crippen LogP contribution in [0.5, 0.6) is 11.5 Å². The number of methoxy groups -OCH3 is 1. The molecule has 37 heavy (non-hydrogen) atoms. The normalized spacial score (nSPS) is 18.4. The number of benzene rings is 2. The smallest absolute Gasteiger partial charge is 0.172 e. The lowest BCUT2D eigenvalue weighted by molar-refractivity contribution is 0.163. The molecule has 1 aromatic heterocycles. The quantitative estimate of drug-likeness (QED) is 0.474. The molecule has 2 aromatic carbocycles. The van der Waals surface area contributed by atoms with Gasteiger partial charge in [-0.1, -0.05) is 30.3 Å². The van der Waals surface area contributed by atoms with Crippen LogP contribution in [0, 0.1) is 5.82 Å². The Morgan fingerprint density at radius 3 is 2.51 bits per heavy atom. The number of rotatable bonds is 8. The number of aromatic nitrogens is 2. The highest BCUT2D eigenvalue weighted by atomic mass is 19.1. The third-order valence-electron chi connectivity index (χ3n) is 7.41. The van der Waals surface area contributed by atoms with Crippen molar-refractivity contribution in [2.45, 2.75) is 57.3 Å². The van der Waals surface area contributed by atoms with Gasteiger partial charge in [-0.15, -0.1) is 0 Å². The third-order valence-corrected chi connectivity index (χ3v) is 7.41. The number of ether oxygens (including phenoxy) is 2. The van der Waals surface area contributed by atoms with Crippen molar-refractivity contribution < 1.29 is 13.9 Å². The van der Waals surface area contributed by atoms with Gasteiger partial charge in [0.05, 0.1) is 18.5 Å². The highest BCUT2D eigenvalue weighted by molar-refractivity contribution is 5.63. The van der Waals surface area contributed by atoms with Crippen molar-refractivity contribution in [2.75, 3.05) is 37.0 Å². The number of hydrogen-bond donors (Lipinski definition) is 1. The van der Waals surface area contributed by atoms with Crippen molar-refractivity contribution in [3.05, 3.63) is 71.3 Å². The van der Waals surface area contributed by atoms with Crippen molar-refractivity contribution in [3.8, 4) is 11.5 Å². The van der Waals surface area contributed by atoms with Crippen LogP contribution in [0.15, 0.2) is 48.5 Å². The van der Waals surface area contributed by atoms with Crippen LogP contribution >= 0.6 is 0 Å². The van der Waals surface area contributed by atoms with Gasteiger partial charge in [-0.25, -0.2) is 14.4 Å². The third kappa shape index (κ3) is 5.64. The zero-order chi connectivity index (χ0) is 25.2. The predicted octanol–water partition coefficient (Wildman–Crippen LogP) is 4.80. The minimum atomic E-state index is -0.389. The molecule has 1 saturated heterocycles. The van der Waals surface area contributed by atoms with Crippen LogP contribution in [0.3, 0.4) is 0 Å². The molecule has 2 fully saturated rings. The van der Waals surface area contributed by atoms with Crippen LogP contribution in [0.4, 0.5) is 16.0 Å². The van der Waals surface area contributed by atoms with E-state index < -0.39 is 0 Å². The summed E-state index contributed by atoms with van der Waals surface area (Å²) in [6.45, 7) is 4.33. The number of halogens is 1. The van der Waals surface area contributed by atoms with Crippen LogP contribution < -0.4 is 19.7 Å². The van der Waals surface area contributed by atoms with Gasteiger partial charge in [0, 0.05) is 64.1 Å². The Bertz CT molecular complexity index is 1230. The van der Waals surface area contributed by atoms with Crippen molar-refractivity contribution >= 4 is 11.6 Å². The molecule has 0 atom stereocenters. The maximum absolute atomic E-state index is 14.4. The van der Waals surface area contributed by atoms with E-state index in [-0.39, 0.29) is 17.7 Å². The maximum Gasteiger partial charge on any atom is 0.172 e. The Morgan fingerprint density at radius 1 is 0.973 bits per heavy atom. The molecule has 0 unspecified atom stereocenters. The maximum atomic E-state index is 14.4. The number of nitrogens with zero attached hydrogens (tertiary/aromatic N) is 4. The topological polar surface area (TPSA) is 62.8 Å². The van der Waals surface area contributed by atoms with Crippen molar-refractivity contribution in [1.82, 2.24) is 14.9 Å². The summed E-state index contributed by atoms with van der Waals surface area (Å²) in [5.41, 5.74) is 3.52. The van der Waals surface area contributed by atoms with Crippen LogP contribution in [0.25, 0.3) is 0 Å². The lowest BCUT2D eigenvalue weighted by atomic mass is 10.1. The molecule has 0 spiro atoms. The zero-order valence-electron chi connectivity index (χ0n) is 21.3. The molecule has 194 valence electrons. The van der Waals surface area contributed by atoms with E-state index >= 15 is 0 Å². The standard InChI is InChI=1S/C29H34FN5O2/c1-36-23-9-10-27(24(30)17-23)37-22-11-15-35(16-12-22)29-28(31-21-7-8-21)32-26-19-34(14-13-25(26)33-29)18-20-5-3-2-4-6-20/h2-6,9-10,17,21-22H,7-8,11-16,18-19H2,1H3,(H,31,32). The fourth-order valence-electron chi connectivity index (χ4n) is 5.16. The number of nitrogens with one attached hydrogen (secondary N) is 1. The first kappa shape index (κ1) is 24.0. The first-order valence-corrected chi connectivity index (χ1v) is 13.3. The second-order valence-electron chi connectivity index (χ2n) is 10.3. The molecule has 6 rings (SSSR count). The molecule has 0 amide bonds. The van der Waals surface area contributed by atoms with Crippen LogP contribution in [0.1, 0.15) is 42.6 Å². The second kappa shape index (κ2) is 10.5. The number of fused-ring (bicyclic) bond motifs is 1. The average molecular weight is 504 g/mol. The van der Waals surface area contributed by atoms with E-state index in [1.54, 1.807) is 12.1 Å². The van der Waals surface area contributed by atoms with E-state index in [1.807, 2.05) is 0 Å². The summed E-state index contributed by atoms with van der Waals surface area (Å²) in [7, 11) is 1.53. The van der Waals surface area contributed by atoms with Gasteiger partial charge in [-0.2, -0.15) is 0 Å².